The zero-order chi connectivity index (χ0) is 14.2. The molecular weight excluding hydrogens is 314 g/mol. The zero-order valence-corrected chi connectivity index (χ0v) is 12.4. The number of halogens is 1. The molecule has 2 aromatic carbocycles. The van der Waals surface area contributed by atoms with E-state index < -0.39 is 0 Å². The summed E-state index contributed by atoms with van der Waals surface area (Å²) in [7, 11) is 0. The summed E-state index contributed by atoms with van der Waals surface area (Å²) in [6.45, 7) is 0. The van der Waals surface area contributed by atoms with Crippen molar-refractivity contribution in [2.24, 2.45) is 5.11 Å². The molecule has 0 spiro atoms. The van der Waals surface area contributed by atoms with Crippen LogP contribution in [-0.2, 0) is 0 Å². The summed E-state index contributed by atoms with van der Waals surface area (Å²) in [4.78, 5) is 2.90. The largest absolute Gasteiger partial charge is 0.0920 e. The lowest BCUT2D eigenvalue weighted by atomic mass is 9.96. The molecule has 1 atom stereocenters. The van der Waals surface area contributed by atoms with Crippen molar-refractivity contribution in [3.8, 4) is 0 Å². The second-order valence-electron chi connectivity index (χ2n) is 4.24. The fourth-order valence-electron chi connectivity index (χ4n) is 1.96. The zero-order valence-electron chi connectivity index (χ0n) is 10.9. The molecule has 0 N–H and O–H groups in total. The number of benzene rings is 2. The Bertz CT molecular complexity index is 575. The summed E-state index contributed by atoms with van der Waals surface area (Å²) >= 11 is 3.38. The van der Waals surface area contributed by atoms with Crippen molar-refractivity contribution in [2.45, 2.75) is 6.04 Å². The Labute approximate surface area is 126 Å². The Hall–Kier alpha value is -2.03. The van der Waals surface area contributed by atoms with Crippen LogP contribution in [0.4, 0.5) is 0 Å². The molecule has 0 saturated heterocycles. The van der Waals surface area contributed by atoms with Crippen LogP contribution in [0, 0.1) is 0 Å². The maximum atomic E-state index is 8.63. The normalized spacial score (nSPS) is 11.2. The number of rotatable bonds is 5. The number of hydrogen-bond acceptors (Lipinski definition) is 1. The first-order valence-corrected chi connectivity index (χ1v) is 7.40. The smallest absolute Gasteiger partial charge is 0.0661 e. The molecule has 0 bridgehead atoms. The maximum absolute atomic E-state index is 8.63. The monoisotopic (exact) mass is 327 g/mol. The Balaban J connectivity index is 2.50. The third-order valence-electron chi connectivity index (χ3n) is 2.89. The number of azide groups is 1. The number of nitrogens with zero attached hydrogens (tertiary/aromatic N) is 3. The van der Waals surface area contributed by atoms with Gasteiger partial charge in [0, 0.05) is 10.2 Å². The molecule has 20 heavy (non-hydrogen) atoms. The van der Waals surface area contributed by atoms with Gasteiger partial charge in [-0.05, 0) is 22.2 Å². The van der Waals surface area contributed by atoms with E-state index in [1.54, 1.807) is 0 Å². The molecule has 2 aromatic rings. The molecule has 2 rings (SSSR count). The number of alkyl halides is 1. The predicted octanol–water partition coefficient (Wildman–Crippen LogP) is 5.19. The van der Waals surface area contributed by atoms with E-state index in [1.807, 2.05) is 42.5 Å². The predicted molar refractivity (Wildman–Crippen MR) is 86.7 cm³/mol. The Morgan fingerprint density at radius 3 is 1.95 bits per heavy atom. The highest BCUT2D eigenvalue weighted by atomic mass is 79.9. The molecule has 0 amide bonds. The summed E-state index contributed by atoms with van der Waals surface area (Å²) in [6, 6.07) is 20.0. The van der Waals surface area contributed by atoms with Crippen LogP contribution in [0.1, 0.15) is 11.1 Å². The van der Waals surface area contributed by atoms with Crippen LogP contribution in [0.5, 0.6) is 0 Å². The highest BCUT2D eigenvalue weighted by Gasteiger charge is 2.08. The van der Waals surface area contributed by atoms with Crippen LogP contribution >= 0.6 is 15.9 Å². The van der Waals surface area contributed by atoms with Crippen molar-refractivity contribution in [2.75, 3.05) is 5.33 Å². The van der Waals surface area contributed by atoms with Crippen LogP contribution in [0.2, 0.25) is 0 Å². The summed E-state index contributed by atoms with van der Waals surface area (Å²) in [5, 5.41) is 4.39. The van der Waals surface area contributed by atoms with Gasteiger partial charge in [0.15, 0.2) is 0 Å². The third kappa shape index (κ3) is 3.73. The molecule has 0 aromatic heterocycles. The lowest BCUT2D eigenvalue weighted by Gasteiger charge is -2.11. The van der Waals surface area contributed by atoms with Crippen molar-refractivity contribution in [3.63, 3.8) is 0 Å². The lowest BCUT2D eigenvalue weighted by Crippen LogP contribution is -2.02. The minimum absolute atomic E-state index is 0.213. The van der Waals surface area contributed by atoms with Gasteiger partial charge < -0.3 is 0 Å². The van der Waals surface area contributed by atoms with Gasteiger partial charge in [-0.1, -0.05) is 87.8 Å². The molecule has 4 heteroatoms. The van der Waals surface area contributed by atoms with Crippen LogP contribution in [0.25, 0.3) is 16.0 Å². The standard InChI is InChI=1S/C16H14BrN3/c17-12-15(19-20-18)11-16(13-7-3-1-4-8-13)14-9-5-2-6-10-14/h1-11,15H,12H2. The van der Waals surface area contributed by atoms with Crippen LogP contribution in [0.15, 0.2) is 71.9 Å². The maximum Gasteiger partial charge on any atom is 0.0661 e. The highest BCUT2D eigenvalue weighted by Crippen LogP contribution is 2.24. The van der Waals surface area contributed by atoms with Gasteiger partial charge in [-0.2, -0.15) is 0 Å². The van der Waals surface area contributed by atoms with E-state index in [0.717, 1.165) is 16.7 Å². The van der Waals surface area contributed by atoms with E-state index in [9.17, 15) is 0 Å². The molecule has 0 radical (unpaired) electrons. The second-order valence-corrected chi connectivity index (χ2v) is 4.89. The molecule has 0 aliphatic heterocycles. The van der Waals surface area contributed by atoms with Crippen LogP contribution < -0.4 is 0 Å². The summed E-state index contributed by atoms with van der Waals surface area (Å²) in [5.41, 5.74) is 11.9. The van der Waals surface area contributed by atoms with E-state index in [0.29, 0.717) is 5.33 Å². The molecule has 100 valence electrons. The van der Waals surface area contributed by atoms with Crippen LogP contribution in [0.3, 0.4) is 0 Å². The van der Waals surface area contributed by atoms with E-state index in [2.05, 4.69) is 50.2 Å². The van der Waals surface area contributed by atoms with Crippen molar-refractivity contribution >= 4 is 21.5 Å². The van der Waals surface area contributed by atoms with E-state index in [4.69, 9.17) is 5.53 Å². The molecule has 1 unspecified atom stereocenters. The number of hydrogen-bond donors (Lipinski definition) is 0. The Morgan fingerprint density at radius 2 is 1.55 bits per heavy atom. The van der Waals surface area contributed by atoms with E-state index in [-0.39, 0.29) is 6.04 Å². The fraction of sp³-hybridized carbons (Fsp3) is 0.125. The molecule has 0 aliphatic carbocycles. The van der Waals surface area contributed by atoms with Gasteiger partial charge in [0.2, 0.25) is 0 Å². The third-order valence-corrected chi connectivity index (χ3v) is 3.55. The molecule has 3 nitrogen and oxygen atoms in total. The van der Waals surface area contributed by atoms with E-state index in [1.165, 1.54) is 0 Å². The molecule has 0 heterocycles. The highest BCUT2D eigenvalue weighted by molar-refractivity contribution is 9.09. The van der Waals surface area contributed by atoms with Gasteiger partial charge in [0.25, 0.3) is 0 Å². The summed E-state index contributed by atoms with van der Waals surface area (Å²) in [5.74, 6) is 0. The molecular formula is C16H14BrN3. The molecule has 0 aliphatic rings. The summed E-state index contributed by atoms with van der Waals surface area (Å²) < 4.78 is 0. The fourth-order valence-corrected chi connectivity index (χ4v) is 2.28. The Morgan fingerprint density at radius 1 is 1.05 bits per heavy atom. The second kappa shape index (κ2) is 7.53. The van der Waals surface area contributed by atoms with Gasteiger partial charge in [0.05, 0.1) is 6.04 Å². The van der Waals surface area contributed by atoms with Gasteiger partial charge in [-0.15, -0.1) is 0 Å². The quantitative estimate of drug-likeness (QED) is 0.314. The first-order chi connectivity index (χ1) is 9.85. The molecule has 0 saturated carbocycles. The van der Waals surface area contributed by atoms with Crippen molar-refractivity contribution in [1.29, 1.82) is 0 Å². The van der Waals surface area contributed by atoms with Gasteiger partial charge in [-0.3, -0.25) is 0 Å². The Kier molecular flexibility index (Phi) is 5.42. The topological polar surface area (TPSA) is 48.8 Å². The average molecular weight is 328 g/mol. The molecule has 0 fully saturated rings. The minimum Gasteiger partial charge on any atom is -0.0920 e. The first kappa shape index (κ1) is 14.4. The van der Waals surface area contributed by atoms with E-state index >= 15 is 0 Å². The van der Waals surface area contributed by atoms with Gasteiger partial charge in [0.1, 0.15) is 0 Å². The van der Waals surface area contributed by atoms with Gasteiger partial charge >= 0.3 is 0 Å². The lowest BCUT2D eigenvalue weighted by molar-refractivity contribution is 0.933. The first-order valence-electron chi connectivity index (χ1n) is 6.28. The van der Waals surface area contributed by atoms with Crippen LogP contribution in [-0.4, -0.2) is 11.4 Å². The van der Waals surface area contributed by atoms with Crippen molar-refractivity contribution < 1.29 is 0 Å². The van der Waals surface area contributed by atoms with Gasteiger partial charge in [-0.25, -0.2) is 0 Å². The average Bonchev–Trinajstić information content (AvgIpc) is 2.53. The summed E-state index contributed by atoms with van der Waals surface area (Å²) in [6.07, 6.45) is 2.00. The van der Waals surface area contributed by atoms with Crippen molar-refractivity contribution in [1.82, 2.24) is 0 Å². The minimum atomic E-state index is -0.213. The van der Waals surface area contributed by atoms with Crippen molar-refractivity contribution in [3.05, 3.63) is 88.3 Å². The SMILES string of the molecule is [N-]=[N+]=NC(C=C(c1ccccc1)c1ccccc1)CBr.